The maximum Gasteiger partial charge on any atom is 0.408 e. The predicted molar refractivity (Wildman–Crippen MR) is 239 cm³/mol. The number of nitrogens with one attached hydrogen (secondary N) is 2. The Morgan fingerprint density at radius 3 is 2.13 bits per heavy atom. The van der Waals surface area contributed by atoms with Gasteiger partial charge in [0, 0.05) is 29.7 Å². The molecule has 332 valence electrons. The fourth-order valence-corrected chi connectivity index (χ4v) is 7.48. The van der Waals surface area contributed by atoms with Gasteiger partial charge in [-0.1, -0.05) is 106 Å². The molecule has 0 bridgehead atoms. The molecule has 0 spiro atoms. The number of ether oxygens (including phenoxy) is 5. The number of amides is 2. The van der Waals surface area contributed by atoms with Gasteiger partial charge >= 0.3 is 12.1 Å². The van der Waals surface area contributed by atoms with Crippen molar-refractivity contribution < 1.29 is 47.6 Å². The van der Waals surface area contributed by atoms with Crippen molar-refractivity contribution in [1.82, 2.24) is 10.6 Å². The Bertz CT molecular complexity index is 2270. The lowest BCUT2D eigenvalue weighted by molar-refractivity contribution is -0.140. The lowest BCUT2D eigenvalue weighted by Gasteiger charge is -2.30. The van der Waals surface area contributed by atoms with Crippen LogP contribution in [-0.2, 0) is 46.8 Å². The Balaban J connectivity index is 1.05. The molecular weight excluding hydrogens is 804 g/mol. The second kappa shape index (κ2) is 23.0. The van der Waals surface area contributed by atoms with E-state index in [4.69, 9.17) is 23.7 Å². The van der Waals surface area contributed by atoms with Crippen molar-refractivity contribution in [2.45, 2.75) is 104 Å². The van der Waals surface area contributed by atoms with Crippen LogP contribution in [0.2, 0.25) is 0 Å². The number of benzene rings is 5. The van der Waals surface area contributed by atoms with Crippen molar-refractivity contribution in [3.8, 4) is 34.1 Å². The first-order valence-electron chi connectivity index (χ1n) is 21.8. The third kappa shape index (κ3) is 13.0. The number of aliphatic carboxylic acids is 1. The van der Waals surface area contributed by atoms with E-state index in [-0.39, 0.29) is 24.8 Å². The third-order valence-electron chi connectivity index (χ3n) is 10.9. The van der Waals surface area contributed by atoms with Gasteiger partial charge in [-0.3, -0.25) is 4.79 Å². The molecule has 1 aliphatic rings. The topological polar surface area (TPSA) is 142 Å². The van der Waals surface area contributed by atoms with Crippen molar-refractivity contribution in [3.63, 3.8) is 0 Å². The molecule has 1 heterocycles. The third-order valence-corrected chi connectivity index (χ3v) is 10.9. The van der Waals surface area contributed by atoms with Crippen LogP contribution in [0.4, 0.5) is 9.18 Å². The average Bonchev–Trinajstić information content (AvgIpc) is 3.30. The summed E-state index contributed by atoms with van der Waals surface area (Å²) < 4.78 is 44.5. The molecule has 3 unspecified atom stereocenters. The van der Waals surface area contributed by atoms with E-state index in [2.05, 4.69) is 30.5 Å². The number of rotatable bonds is 22. The molecule has 63 heavy (non-hydrogen) atoms. The largest absolute Gasteiger partial charge is 0.493 e. The molecule has 0 fully saturated rings. The molecule has 0 saturated carbocycles. The molecule has 0 radical (unpaired) electrons. The molecule has 2 amide bonds. The highest BCUT2D eigenvalue weighted by molar-refractivity contribution is 5.83. The Morgan fingerprint density at radius 2 is 1.48 bits per heavy atom. The minimum Gasteiger partial charge on any atom is -0.493 e. The highest BCUT2D eigenvalue weighted by atomic mass is 19.1. The number of aryl methyl sites for hydroxylation is 2. The van der Waals surface area contributed by atoms with Crippen molar-refractivity contribution in [3.05, 3.63) is 143 Å². The summed E-state index contributed by atoms with van der Waals surface area (Å²) >= 11 is 0. The van der Waals surface area contributed by atoms with E-state index in [1.807, 2.05) is 73.7 Å². The molecule has 3 atom stereocenters. The van der Waals surface area contributed by atoms with Gasteiger partial charge in [0.2, 0.25) is 0 Å². The standard InChI is InChI=1S/C51H57FN2O9/c1-4-14-41-44(59-27-13-28-60-46-31-47(61-32-34-15-9-7-10-16-34)42(29-36(46)5-2)37-19-23-39(52)24-20-37)25-21-38-22-26-45(63-48(38)41)49(55)53-40(6-3)30-43(50(56)57)54-51(58)62-33-35-17-11-8-12-18-35/h7-12,15-21,23-25,29,31,40,43,45H,4-6,13-14,22,26-28,30,32-33H2,1-3H3,(H,53,55)(H,54,58)(H,56,57). The van der Waals surface area contributed by atoms with E-state index in [0.717, 1.165) is 51.8 Å². The van der Waals surface area contributed by atoms with Crippen LogP contribution in [-0.4, -0.2) is 54.5 Å². The number of carboxylic acids is 1. The molecule has 12 heteroatoms. The monoisotopic (exact) mass is 860 g/mol. The van der Waals surface area contributed by atoms with Gasteiger partial charge in [-0.2, -0.15) is 0 Å². The van der Waals surface area contributed by atoms with Crippen LogP contribution in [0.5, 0.6) is 23.0 Å². The summed E-state index contributed by atoms with van der Waals surface area (Å²) in [6.45, 7) is 7.11. The van der Waals surface area contributed by atoms with Gasteiger partial charge in [-0.15, -0.1) is 0 Å². The lowest BCUT2D eigenvalue weighted by Crippen LogP contribution is -2.49. The Morgan fingerprint density at radius 1 is 0.794 bits per heavy atom. The van der Waals surface area contributed by atoms with Crippen molar-refractivity contribution in [2.24, 2.45) is 0 Å². The van der Waals surface area contributed by atoms with Crippen LogP contribution in [0, 0.1) is 5.82 Å². The smallest absolute Gasteiger partial charge is 0.408 e. The summed E-state index contributed by atoms with van der Waals surface area (Å²) in [7, 11) is 0. The van der Waals surface area contributed by atoms with Crippen LogP contribution in [0.25, 0.3) is 11.1 Å². The molecule has 3 N–H and O–H groups in total. The van der Waals surface area contributed by atoms with E-state index in [0.29, 0.717) is 74.9 Å². The highest BCUT2D eigenvalue weighted by Crippen LogP contribution is 2.39. The van der Waals surface area contributed by atoms with Crippen LogP contribution in [0.1, 0.15) is 80.7 Å². The van der Waals surface area contributed by atoms with Gasteiger partial charge in [0.05, 0.1) is 13.2 Å². The van der Waals surface area contributed by atoms with Gasteiger partial charge < -0.3 is 39.4 Å². The summed E-state index contributed by atoms with van der Waals surface area (Å²) in [6, 6.07) is 31.5. The summed E-state index contributed by atoms with van der Waals surface area (Å²) in [5, 5.41) is 15.3. The normalized spacial score (nSPS) is 14.0. The first kappa shape index (κ1) is 46.0. The SMILES string of the molecule is CCCc1c(OCCCOc2cc(OCc3ccccc3)c(-c3ccc(F)cc3)cc2CC)ccc2c1OC(C(=O)NC(CC)CC(NC(=O)OCc1ccccc1)C(=O)O)CC2. The fourth-order valence-electron chi connectivity index (χ4n) is 7.48. The molecule has 5 aromatic rings. The minimum atomic E-state index is -1.27. The molecule has 1 aliphatic heterocycles. The Labute approximate surface area is 368 Å². The van der Waals surface area contributed by atoms with E-state index < -0.39 is 30.3 Å². The van der Waals surface area contributed by atoms with E-state index in [1.165, 1.54) is 12.1 Å². The zero-order chi connectivity index (χ0) is 44.6. The van der Waals surface area contributed by atoms with Crippen LogP contribution >= 0.6 is 0 Å². The summed E-state index contributed by atoms with van der Waals surface area (Å²) in [6.07, 6.45) is 2.65. The summed E-state index contributed by atoms with van der Waals surface area (Å²) in [4.78, 5) is 38.2. The van der Waals surface area contributed by atoms with Crippen molar-refractivity contribution in [1.29, 1.82) is 0 Å². The number of hydrogen-bond donors (Lipinski definition) is 3. The maximum absolute atomic E-state index is 13.8. The molecule has 5 aromatic carbocycles. The maximum atomic E-state index is 13.8. The second-order valence-electron chi connectivity index (χ2n) is 15.5. The molecule has 0 saturated heterocycles. The van der Waals surface area contributed by atoms with Crippen LogP contribution in [0.15, 0.2) is 109 Å². The van der Waals surface area contributed by atoms with E-state index >= 15 is 0 Å². The zero-order valence-electron chi connectivity index (χ0n) is 36.2. The van der Waals surface area contributed by atoms with Crippen molar-refractivity contribution >= 4 is 18.0 Å². The molecule has 0 aliphatic carbocycles. The van der Waals surface area contributed by atoms with Crippen LogP contribution < -0.4 is 29.6 Å². The number of fused-ring (bicyclic) bond motifs is 1. The zero-order valence-corrected chi connectivity index (χ0v) is 36.2. The minimum absolute atomic E-state index is 0.00153. The van der Waals surface area contributed by atoms with Gasteiger partial charge in [-0.25, -0.2) is 14.0 Å². The molecular formula is C51H57FN2O9. The van der Waals surface area contributed by atoms with Crippen LogP contribution in [0.3, 0.4) is 0 Å². The lowest BCUT2D eigenvalue weighted by atomic mass is 9.96. The summed E-state index contributed by atoms with van der Waals surface area (Å²) in [5.74, 6) is 0.808. The average molecular weight is 861 g/mol. The second-order valence-corrected chi connectivity index (χ2v) is 15.5. The van der Waals surface area contributed by atoms with Crippen molar-refractivity contribution in [2.75, 3.05) is 13.2 Å². The van der Waals surface area contributed by atoms with E-state index in [9.17, 15) is 23.9 Å². The van der Waals surface area contributed by atoms with E-state index in [1.54, 1.807) is 24.3 Å². The summed E-state index contributed by atoms with van der Waals surface area (Å²) in [5.41, 5.74) is 6.40. The number of hydrogen-bond acceptors (Lipinski definition) is 8. The first-order chi connectivity index (χ1) is 30.6. The number of carbonyl (C=O) groups is 3. The number of carbonyl (C=O) groups excluding carboxylic acids is 2. The molecule has 6 rings (SSSR count). The first-order valence-corrected chi connectivity index (χ1v) is 21.8. The number of alkyl carbamates (subject to hydrolysis) is 1. The van der Waals surface area contributed by atoms with Gasteiger partial charge in [-0.05, 0) is 90.6 Å². The Kier molecular flexibility index (Phi) is 16.8. The number of carboxylic acid groups (broad SMARTS) is 1. The predicted octanol–water partition coefficient (Wildman–Crippen LogP) is 9.79. The highest BCUT2D eigenvalue weighted by Gasteiger charge is 2.32. The molecule has 11 nitrogen and oxygen atoms in total. The molecule has 0 aromatic heterocycles. The van der Waals surface area contributed by atoms with Gasteiger partial charge in [0.1, 0.15) is 48.1 Å². The number of halogens is 1. The quantitative estimate of drug-likeness (QED) is 0.0580. The van der Waals surface area contributed by atoms with Gasteiger partial charge in [0.25, 0.3) is 5.91 Å². The van der Waals surface area contributed by atoms with Gasteiger partial charge in [0.15, 0.2) is 6.10 Å². The fraction of sp³-hybridized carbons (Fsp3) is 0.353. The Hall–Kier alpha value is -6.56.